The maximum absolute atomic E-state index is 13.2. The first-order chi connectivity index (χ1) is 11.9. The van der Waals surface area contributed by atoms with E-state index in [1.807, 2.05) is 0 Å². The van der Waals surface area contributed by atoms with Gasteiger partial charge in [-0.15, -0.1) is 0 Å². The number of halogens is 2. The lowest BCUT2D eigenvalue weighted by atomic mass is 10.2. The Balaban J connectivity index is 1.82. The van der Waals surface area contributed by atoms with Crippen molar-refractivity contribution in [2.45, 2.75) is 23.8 Å². The number of rotatable bonds is 4. The van der Waals surface area contributed by atoms with E-state index in [0.717, 1.165) is 16.4 Å². The molecular weight excluding hydrogens is 350 g/mol. The molecule has 1 amide bonds. The van der Waals surface area contributed by atoms with Gasteiger partial charge < -0.3 is 5.32 Å². The molecule has 1 fully saturated rings. The summed E-state index contributed by atoms with van der Waals surface area (Å²) in [5, 5.41) is 2.39. The van der Waals surface area contributed by atoms with Gasteiger partial charge in [-0.3, -0.25) is 4.79 Å². The molecule has 25 heavy (non-hydrogen) atoms. The van der Waals surface area contributed by atoms with Gasteiger partial charge in [-0.1, -0.05) is 18.2 Å². The Morgan fingerprint density at radius 2 is 1.72 bits per heavy atom. The van der Waals surface area contributed by atoms with Crippen molar-refractivity contribution in [1.82, 2.24) is 4.31 Å². The summed E-state index contributed by atoms with van der Waals surface area (Å²) >= 11 is 0. The first-order valence-corrected chi connectivity index (χ1v) is 9.16. The average molecular weight is 366 g/mol. The molecule has 1 aliphatic rings. The highest BCUT2D eigenvalue weighted by Gasteiger charge is 2.39. The summed E-state index contributed by atoms with van der Waals surface area (Å²) in [4.78, 5) is 12.6. The van der Waals surface area contributed by atoms with Gasteiger partial charge in [0.2, 0.25) is 15.9 Å². The minimum absolute atomic E-state index is 0.0496. The molecule has 1 saturated heterocycles. The molecule has 2 aromatic rings. The molecule has 0 radical (unpaired) electrons. The highest BCUT2D eigenvalue weighted by atomic mass is 32.2. The van der Waals surface area contributed by atoms with Crippen molar-refractivity contribution < 1.29 is 22.0 Å². The predicted molar refractivity (Wildman–Crippen MR) is 88.3 cm³/mol. The third-order valence-electron chi connectivity index (χ3n) is 3.99. The van der Waals surface area contributed by atoms with E-state index in [-0.39, 0.29) is 17.1 Å². The van der Waals surface area contributed by atoms with E-state index in [4.69, 9.17) is 0 Å². The Labute approximate surface area is 144 Å². The second kappa shape index (κ2) is 6.89. The topological polar surface area (TPSA) is 66.5 Å². The van der Waals surface area contributed by atoms with Gasteiger partial charge in [0.25, 0.3) is 0 Å². The lowest BCUT2D eigenvalue weighted by Crippen LogP contribution is -2.43. The number of hydrogen-bond donors (Lipinski definition) is 1. The Morgan fingerprint density at radius 1 is 1.08 bits per heavy atom. The van der Waals surface area contributed by atoms with E-state index in [9.17, 15) is 22.0 Å². The number of amides is 1. The number of benzene rings is 2. The first-order valence-electron chi connectivity index (χ1n) is 7.72. The highest BCUT2D eigenvalue weighted by molar-refractivity contribution is 7.89. The largest absolute Gasteiger partial charge is 0.324 e. The van der Waals surface area contributed by atoms with E-state index < -0.39 is 33.6 Å². The van der Waals surface area contributed by atoms with Crippen LogP contribution in [-0.2, 0) is 14.8 Å². The van der Waals surface area contributed by atoms with Gasteiger partial charge in [0.05, 0.1) is 4.90 Å². The molecule has 132 valence electrons. The van der Waals surface area contributed by atoms with E-state index >= 15 is 0 Å². The minimum Gasteiger partial charge on any atom is -0.324 e. The molecule has 0 saturated carbocycles. The predicted octanol–water partition coefficient (Wildman–Crippen LogP) is 2.76. The fourth-order valence-electron chi connectivity index (χ4n) is 2.87. The van der Waals surface area contributed by atoms with Crippen LogP contribution in [0.15, 0.2) is 53.4 Å². The summed E-state index contributed by atoms with van der Waals surface area (Å²) in [5.41, 5.74) is -0.0496. The SMILES string of the molecule is O=C(Nc1cc(F)cc(F)c1)C1CCCN1S(=O)(=O)c1ccccc1. The molecule has 1 aliphatic heterocycles. The van der Waals surface area contributed by atoms with Crippen LogP contribution in [0, 0.1) is 11.6 Å². The molecule has 2 aromatic carbocycles. The summed E-state index contributed by atoms with van der Waals surface area (Å²) in [6.45, 7) is 0.215. The number of carbonyl (C=O) groups excluding carboxylic acids is 1. The summed E-state index contributed by atoms with van der Waals surface area (Å²) in [5.74, 6) is -2.26. The van der Waals surface area contributed by atoms with E-state index in [1.165, 1.54) is 12.1 Å². The molecule has 5 nitrogen and oxygen atoms in total. The van der Waals surface area contributed by atoms with Crippen molar-refractivity contribution in [2.24, 2.45) is 0 Å². The monoisotopic (exact) mass is 366 g/mol. The van der Waals surface area contributed by atoms with Crippen LogP contribution in [0.4, 0.5) is 14.5 Å². The zero-order chi connectivity index (χ0) is 18.0. The quantitative estimate of drug-likeness (QED) is 0.905. The molecule has 1 heterocycles. The number of nitrogens with one attached hydrogen (secondary N) is 1. The van der Waals surface area contributed by atoms with Gasteiger partial charge in [0, 0.05) is 18.3 Å². The standard InChI is InChI=1S/C17H16F2N2O3S/c18-12-9-13(19)11-14(10-12)20-17(22)16-7-4-8-21(16)25(23,24)15-5-2-1-3-6-15/h1-3,5-6,9-11,16H,4,7-8H2,(H,20,22). The van der Waals surface area contributed by atoms with E-state index in [0.29, 0.717) is 18.9 Å². The molecule has 1 N–H and O–H groups in total. The zero-order valence-corrected chi connectivity index (χ0v) is 14.0. The molecule has 1 unspecified atom stereocenters. The number of nitrogens with zero attached hydrogens (tertiary/aromatic N) is 1. The summed E-state index contributed by atoms with van der Waals surface area (Å²) in [7, 11) is -3.82. The van der Waals surface area contributed by atoms with Crippen LogP contribution in [-0.4, -0.2) is 31.2 Å². The Bertz CT molecular complexity index is 868. The summed E-state index contributed by atoms with van der Waals surface area (Å²) in [6.07, 6.45) is 0.872. The van der Waals surface area contributed by atoms with Crippen LogP contribution < -0.4 is 5.32 Å². The number of carbonyl (C=O) groups is 1. The van der Waals surface area contributed by atoms with Crippen LogP contribution in [0.3, 0.4) is 0 Å². The third-order valence-corrected chi connectivity index (χ3v) is 5.91. The molecule has 1 atom stereocenters. The number of anilines is 1. The van der Waals surface area contributed by atoms with Crippen LogP contribution in [0.5, 0.6) is 0 Å². The van der Waals surface area contributed by atoms with Gasteiger partial charge in [0.15, 0.2) is 0 Å². The second-order valence-electron chi connectivity index (χ2n) is 5.73. The van der Waals surface area contributed by atoms with Crippen molar-refractivity contribution >= 4 is 21.6 Å². The Hall–Kier alpha value is -2.32. The zero-order valence-electron chi connectivity index (χ0n) is 13.2. The maximum Gasteiger partial charge on any atom is 0.243 e. The highest BCUT2D eigenvalue weighted by Crippen LogP contribution is 2.27. The fraction of sp³-hybridized carbons (Fsp3) is 0.235. The summed E-state index contributed by atoms with van der Waals surface area (Å²) in [6, 6.07) is 9.56. The van der Waals surface area contributed by atoms with Gasteiger partial charge in [0.1, 0.15) is 17.7 Å². The Kier molecular flexibility index (Phi) is 4.82. The second-order valence-corrected chi connectivity index (χ2v) is 7.62. The molecule has 8 heteroatoms. The minimum atomic E-state index is -3.82. The Morgan fingerprint density at radius 3 is 2.36 bits per heavy atom. The molecule has 0 aliphatic carbocycles. The van der Waals surface area contributed by atoms with Crippen LogP contribution >= 0.6 is 0 Å². The molecule has 0 bridgehead atoms. The molecule has 0 aromatic heterocycles. The lowest BCUT2D eigenvalue weighted by Gasteiger charge is -2.23. The van der Waals surface area contributed by atoms with Crippen LogP contribution in [0.25, 0.3) is 0 Å². The smallest absolute Gasteiger partial charge is 0.243 e. The van der Waals surface area contributed by atoms with Crippen molar-refractivity contribution in [1.29, 1.82) is 0 Å². The third kappa shape index (κ3) is 3.69. The van der Waals surface area contributed by atoms with E-state index in [1.54, 1.807) is 18.2 Å². The number of hydrogen-bond acceptors (Lipinski definition) is 3. The van der Waals surface area contributed by atoms with Gasteiger partial charge in [-0.05, 0) is 37.1 Å². The van der Waals surface area contributed by atoms with Gasteiger partial charge in [-0.25, -0.2) is 17.2 Å². The van der Waals surface area contributed by atoms with Crippen LogP contribution in [0.1, 0.15) is 12.8 Å². The van der Waals surface area contributed by atoms with Gasteiger partial charge >= 0.3 is 0 Å². The van der Waals surface area contributed by atoms with Crippen molar-refractivity contribution in [2.75, 3.05) is 11.9 Å². The summed E-state index contributed by atoms with van der Waals surface area (Å²) < 4.78 is 53.1. The van der Waals surface area contributed by atoms with Crippen molar-refractivity contribution in [3.8, 4) is 0 Å². The first kappa shape index (κ1) is 17.5. The molecule has 0 spiro atoms. The van der Waals surface area contributed by atoms with Crippen LogP contribution in [0.2, 0.25) is 0 Å². The van der Waals surface area contributed by atoms with E-state index in [2.05, 4.69) is 5.32 Å². The maximum atomic E-state index is 13.2. The number of sulfonamides is 1. The normalized spacial score (nSPS) is 18.2. The average Bonchev–Trinajstić information content (AvgIpc) is 3.05. The van der Waals surface area contributed by atoms with Crippen molar-refractivity contribution in [3.63, 3.8) is 0 Å². The van der Waals surface area contributed by atoms with Crippen molar-refractivity contribution in [3.05, 3.63) is 60.2 Å². The van der Waals surface area contributed by atoms with Gasteiger partial charge in [-0.2, -0.15) is 4.31 Å². The lowest BCUT2D eigenvalue weighted by molar-refractivity contribution is -0.119. The fourth-order valence-corrected chi connectivity index (χ4v) is 4.55. The molecule has 3 rings (SSSR count). The molecular formula is C17H16F2N2O3S.